The van der Waals surface area contributed by atoms with Crippen molar-refractivity contribution in [2.75, 3.05) is 59.0 Å². The van der Waals surface area contributed by atoms with E-state index >= 15 is 0 Å². The molecule has 0 aromatic heterocycles. The van der Waals surface area contributed by atoms with Gasteiger partial charge in [-0.15, -0.1) is 0 Å². The van der Waals surface area contributed by atoms with Crippen LogP contribution in [0.2, 0.25) is 0 Å². The maximum Gasteiger partial charge on any atom is 0.404 e. The Labute approximate surface area is 520 Å². The second-order valence-electron chi connectivity index (χ2n) is 23.4. The highest BCUT2D eigenvalue weighted by Crippen LogP contribution is 2.24. The van der Waals surface area contributed by atoms with Gasteiger partial charge in [0.2, 0.25) is 47.3 Å². The summed E-state index contributed by atoms with van der Waals surface area (Å²) in [6.45, 7) is 1.99. The number of nitrogens with two attached hydrogens (primary N) is 9. The van der Waals surface area contributed by atoms with Gasteiger partial charge >= 0.3 is 6.09 Å². The first-order valence-corrected chi connectivity index (χ1v) is 31.2. The van der Waals surface area contributed by atoms with Crippen LogP contribution in [-0.2, 0) is 47.8 Å². The summed E-state index contributed by atoms with van der Waals surface area (Å²) in [6, 6.07) is -6.00. The summed E-state index contributed by atoms with van der Waals surface area (Å²) in [5.74, 6) is -2.28. The maximum atomic E-state index is 13.2. The molecule has 9 amide bonds. The molecule has 0 radical (unpaired) electrons. The zero-order valence-electron chi connectivity index (χ0n) is 51.3. The molecule has 15 unspecified atom stereocenters. The minimum Gasteiger partial charge on any atom is -0.441 e. The zero-order chi connectivity index (χ0) is 65.8. The number of primary amides is 1. The first-order valence-electron chi connectivity index (χ1n) is 31.2. The van der Waals surface area contributed by atoms with Gasteiger partial charge < -0.3 is 130 Å². The molecule has 15 atom stereocenters. The van der Waals surface area contributed by atoms with Crippen LogP contribution in [0.5, 0.6) is 0 Å². The molecule has 2 fully saturated rings. The van der Waals surface area contributed by atoms with Crippen LogP contribution in [-0.4, -0.2) is 225 Å². The van der Waals surface area contributed by atoms with E-state index in [0.29, 0.717) is 123 Å². The summed E-state index contributed by atoms with van der Waals surface area (Å²) in [4.78, 5) is 116. The summed E-state index contributed by atoms with van der Waals surface area (Å²) in [6.07, 6.45) is 0.207. The predicted molar refractivity (Wildman–Crippen MR) is 328 cm³/mol. The van der Waals surface area contributed by atoms with Crippen molar-refractivity contribution in [2.45, 2.75) is 226 Å². The molecule has 31 N–H and O–H groups in total. The molecule has 3 aliphatic heterocycles. The van der Waals surface area contributed by atoms with Crippen molar-refractivity contribution in [3.8, 4) is 0 Å². The lowest BCUT2D eigenvalue weighted by molar-refractivity contribution is -0.198. The van der Waals surface area contributed by atoms with Crippen molar-refractivity contribution in [1.82, 2.24) is 53.2 Å². The first-order chi connectivity index (χ1) is 42.4. The van der Waals surface area contributed by atoms with Crippen LogP contribution in [0, 0.1) is 0 Å². The number of guanidine groups is 1. The van der Waals surface area contributed by atoms with E-state index < -0.39 is 97.5 Å². The molecule has 0 aromatic carbocycles. The minimum absolute atomic E-state index is 0.00243. The Bertz CT molecular complexity index is 2230. The molecule has 510 valence electrons. The highest BCUT2D eigenvalue weighted by Gasteiger charge is 2.50. The zero-order valence-corrected chi connectivity index (χ0v) is 51.3. The van der Waals surface area contributed by atoms with Gasteiger partial charge in [-0.1, -0.05) is 0 Å². The number of aliphatic hydroxyl groups excluding tert-OH is 3. The molecule has 0 aromatic rings. The fourth-order valence-electron chi connectivity index (χ4n) is 10.3. The molecule has 2 saturated heterocycles. The lowest BCUT2D eigenvalue weighted by Gasteiger charge is -2.44. The molecule has 0 bridgehead atoms. The van der Waals surface area contributed by atoms with Gasteiger partial charge in [-0.3, -0.25) is 38.4 Å². The normalized spacial score (nSPS) is 22.8. The SMILES string of the molecule is NCCCC(N)CC(=O)NCCCC(N)CC(=O)NCCCC(N)CC(=O)NCCCC(N)CC(=O)NCCCC(N)CC(=O)NCCCC(N)CC(=O)NCCCC(N)CC(=O)NC1C(NC2=NC3C(=O)NCC(O)C3N2)OC(CO)C(OC(N)=O)C1O. The van der Waals surface area contributed by atoms with Crippen molar-refractivity contribution in [1.29, 1.82) is 0 Å². The Hall–Kier alpha value is -6.18. The molecule has 3 rings (SSSR count). The summed E-state index contributed by atoms with van der Waals surface area (Å²) in [7, 11) is 0. The number of hydrogen-bond acceptors (Lipinski definition) is 25. The minimum atomic E-state index is -1.66. The molecule has 0 saturated carbocycles. The van der Waals surface area contributed by atoms with E-state index in [1.807, 2.05) is 0 Å². The Morgan fingerprint density at radius 3 is 1.20 bits per heavy atom. The van der Waals surface area contributed by atoms with E-state index in [2.05, 4.69) is 58.2 Å². The van der Waals surface area contributed by atoms with Gasteiger partial charge in [0.25, 0.3) is 0 Å². The molecular formula is C55H106N20O14. The highest BCUT2D eigenvalue weighted by molar-refractivity contribution is 5.93. The number of ether oxygens (including phenoxy) is 2. The number of hydrogen-bond donors (Lipinski definition) is 22. The molecule has 34 nitrogen and oxygen atoms in total. The monoisotopic (exact) mass is 1270 g/mol. The number of β-amino-alcohol motifs (C(OH)–C–C–N with tert-alkyl or cyclic N) is 1. The number of aliphatic hydroxyl groups is 3. The number of amides is 9. The second kappa shape index (κ2) is 42.7. The van der Waals surface area contributed by atoms with Gasteiger partial charge in [0.1, 0.15) is 18.2 Å². The third-order valence-electron chi connectivity index (χ3n) is 15.2. The maximum absolute atomic E-state index is 13.2. The standard InChI is InChI=1S/C55H106N20O14/c56-15-1-8-31(57)22-40(78)65-16-2-9-32(58)23-41(79)66-17-3-10-33(59)24-42(80)67-18-4-11-34(60)25-43(81)68-19-5-12-35(61)26-44(82)69-20-6-13-36(62)27-45(83)70-21-7-14-37(63)28-46(84)72-49-50(85)51(89-54(64)87)39(30-76)88-53(49)75-55-73-47-38(77)29-71-52(86)48(47)74-55/h31-39,47-51,53,76-77,85H,1-30,56-63H2,(H2,64,87)(H,65,78)(H,66,79)(H,67,80)(H,68,81)(H,69,82)(H,70,83)(H,71,86)(H,72,84)(H2,73,74,75). The van der Waals surface area contributed by atoms with Crippen molar-refractivity contribution in [2.24, 2.45) is 56.6 Å². The number of aliphatic imine (C=N–C) groups is 1. The van der Waals surface area contributed by atoms with Crippen LogP contribution < -0.4 is 105 Å². The molecular weight excluding hydrogens is 1160 g/mol. The van der Waals surface area contributed by atoms with Crippen molar-refractivity contribution < 1.29 is 67.9 Å². The third kappa shape index (κ3) is 32.4. The van der Waals surface area contributed by atoms with Crippen molar-refractivity contribution >= 4 is 59.3 Å². The lowest BCUT2D eigenvalue weighted by Crippen LogP contribution is -2.70. The number of piperidine rings is 1. The summed E-state index contributed by atoms with van der Waals surface area (Å²) in [5.41, 5.74) is 53.6. The van der Waals surface area contributed by atoms with Crippen LogP contribution in [0.15, 0.2) is 4.99 Å². The predicted octanol–water partition coefficient (Wildman–Crippen LogP) is -8.07. The second-order valence-corrected chi connectivity index (χ2v) is 23.4. The summed E-state index contributed by atoms with van der Waals surface area (Å²) < 4.78 is 10.9. The van der Waals surface area contributed by atoms with E-state index in [1.54, 1.807) is 0 Å². The first kappa shape index (κ1) is 77.1. The fourth-order valence-corrected chi connectivity index (χ4v) is 10.3. The molecule has 34 heteroatoms. The van der Waals surface area contributed by atoms with E-state index in [1.165, 1.54) is 0 Å². The Kier molecular flexibility index (Phi) is 37.0. The lowest BCUT2D eigenvalue weighted by atomic mass is 9.95. The van der Waals surface area contributed by atoms with Crippen LogP contribution in [0.25, 0.3) is 0 Å². The Morgan fingerprint density at radius 1 is 0.551 bits per heavy atom. The van der Waals surface area contributed by atoms with Crippen LogP contribution >= 0.6 is 0 Å². The molecule has 3 heterocycles. The fraction of sp³-hybridized carbons (Fsp3) is 0.818. The average Bonchev–Trinajstić information content (AvgIpc) is 1.86. The number of nitrogens with zero attached hydrogens (tertiary/aromatic N) is 1. The van der Waals surface area contributed by atoms with Crippen molar-refractivity contribution in [3.63, 3.8) is 0 Å². The Morgan fingerprint density at radius 2 is 0.888 bits per heavy atom. The van der Waals surface area contributed by atoms with E-state index in [-0.39, 0.29) is 118 Å². The number of rotatable bonds is 45. The smallest absolute Gasteiger partial charge is 0.404 e. The molecule has 89 heavy (non-hydrogen) atoms. The van der Waals surface area contributed by atoms with Gasteiger partial charge in [-0.25, -0.2) is 9.79 Å². The Balaban J connectivity index is 1.16. The number of carbonyl (C=O) groups excluding carboxylic acids is 9. The topological polar surface area (TPSA) is 600 Å². The number of nitrogens with one attached hydrogen (secondary N) is 10. The van der Waals surface area contributed by atoms with Gasteiger partial charge in [0, 0.05) is 133 Å². The van der Waals surface area contributed by atoms with Crippen LogP contribution in [0.4, 0.5) is 4.79 Å². The van der Waals surface area contributed by atoms with E-state index in [9.17, 15) is 58.5 Å². The van der Waals surface area contributed by atoms with Gasteiger partial charge in [-0.05, 0) is 96.4 Å². The quantitative estimate of drug-likeness (QED) is 0.0252. The van der Waals surface area contributed by atoms with Crippen molar-refractivity contribution in [3.05, 3.63) is 0 Å². The number of fused-ring (bicyclic) bond motifs is 1. The van der Waals surface area contributed by atoms with Gasteiger partial charge in [0.15, 0.2) is 24.3 Å². The summed E-state index contributed by atoms with van der Waals surface area (Å²) >= 11 is 0. The van der Waals surface area contributed by atoms with Gasteiger partial charge in [0.05, 0.1) is 18.8 Å². The average molecular weight is 1270 g/mol. The van der Waals surface area contributed by atoms with E-state index in [4.69, 9.17) is 61.1 Å². The molecule has 0 aliphatic carbocycles. The van der Waals surface area contributed by atoms with Gasteiger partial charge in [-0.2, -0.15) is 0 Å². The largest absolute Gasteiger partial charge is 0.441 e. The number of carbonyl (C=O) groups is 9. The molecule has 0 spiro atoms. The van der Waals surface area contributed by atoms with Crippen LogP contribution in [0.1, 0.15) is 135 Å². The molecule has 3 aliphatic rings. The van der Waals surface area contributed by atoms with Crippen LogP contribution in [0.3, 0.4) is 0 Å². The highest BCUT2D eigenvalue weighted by atomic mass is 16.6. The summed E-state index contributed by atoms with van der Waals surface area (Å²) in [5, 5.41) is 59.4. The van der Waals surface area contributed by atoms with E-state index in [0.717, 1.165) is 6.42 Å². The third-order valence-corrected chi connectivity index (χ3v) is 15.2.